The molecule has 0 saturated heterocycles. The summed E-state index contributed by atoms with van der Waals surface area (Å²) in [5.41, 5.74) is 5.77. The third-order valence-corrected chi connectivity index (χ3v) is 3.82. The summed E-state index contributed by atoms with van der Waals surface area (Å²) in [6.07, 6.45) is 6.44. The molecule has 0 unspecified atom stereocenters. The van der Waals surface area contributed by atoms with Gasteiger partial charge in [-0.1, -0.05) is 0 Å². The average Bonchev–Trinajstić information content (AvgIpc) is 2.82. The van der Waals surface area contributed by atoms with E-state index in [4.69, 9.17) is 5.73 Å². The Labute approximate surface area is 105 Å². The lowest BCUT2D eigenvalue weighted by Gasteiger charge is -2.07. The van der Waals surface area contributed by atoms with E-state index in [0.29, 0.717) is 6.42 Å². The highest BCUT2D eigenvalue weighted by Gasteiger charge is 2.16. The molecule has 2 aromatic heterocycles. The maximum absolute atomic E-state index is 11.9. The fourth-order valence-electron chi connectivity index (χ4n) is 1.43. The van der Waals surface area contributed by atoms with Crippen molar-refractivity contribution in [1.82, 2.24) is 19.7 Å². The van der Waals surface area contributed by atoms with Crippen LogP contribution in [0.15, 0.2) is 35.7 Å². The van der Waals surface area contributed by atoms with Crippen molar-refractivity contribution in [2.75, 3.05) is 12.3 Å². The first-order chi connectivity index (χ1) is 8.59. The van der Waals surface area contributed by atoms with E-state index in [-0.39, 0.29) is 17.1 Å². The van der Waals surface area contributed by atoms with E-state index in [9.17, 15) is 8.42 Å². The Morgan fingerprint density at radius 1 is 1.39 bits per heavy atom. The molecular formula is C10H13N5O2S. The Hall–Kier alpha value is -1.93. The zero-order valence-electron chi connectivity index (χ0n) is 9.50. The Morgan fingerprint density at radius 3 is 2.89 bits per heavy atom. The quantitative estimate of drug-likeness (QED) is 0.700. The highest BCUT2D eigenvalue weighted by Crippen LogP contribution is 2.14. The van der Waals surface area contributed by atoms with Crippen LogP contribution in [0.4, 0.5) is 5.69 Å². The zero-order valence-corrected chi connectivity index (χ0v) is 10.3. The van der Waals surface area contributed by atoms with Gasteiger partial charge in [-0.05, 0) is 6.07 Å². The van der Waals surface area contributed by atoms with Crippen molar-refractivity contribution in [3.63, 3.8) is 0 Å². The summed E-state index contributed by atoms with van der Waals surface area (Å²) in [5.74, 6) is 0.719. The first kappa shape index (κ1) is 12.5. The zero-order chi connectivity index (χ0) is 13.0. The van der Waals surface area contributed by atoms with Gasteiger partial charge in [-0.2, -0.15) is 0 Å². The van der Waals surface area contributed by atoms with Gasteiger partial charge in [0.1, 0.15) is 10.7 Å². The van der Waals surface area contributed by atoms with Gasteiger partial charge < -0.3 is 10.7 Å². The van der Waals surface area contributed by atoms with Gasteiger partial charge in [0.25, 0.3) is 0 Å². The number of nitrogens with two attached hydrogens (primary N) is 1. The number of rotatable bonds is 5. The smallest absolute Gasteiger partial charge is 0.244 e. The molecule has 96 valence electrons. The number of nitrogen functional groups attached to an aromatic ring is 1. The molecule has 0 aliphatic heterocycles. The van der Waals surface area contributed by atoms with Crippen LogP contribution < -0.4 is 10.5 Å². The number of nitrogens with zero attached hydrogens (tertiary/aromatic N) is 2. The van der Waals surface area contributed by atoms with Crippen molar-refractivity contribution in [3.8, 4) is 0 Å². The van der Waals surface area contributed by atoms with Crippen LogP contribution in [-0.4, -0.2) is 29.9 Å². The minimum Gasteiger partial charge on any atom is -0.398 e. The van der Waals surface area contributed by atoms with E-state index < -0.39 is 10.0 Å². The van der Waals surface area contributed by atoms with Crippen LogP contribution >= 0.6 is 0 Å². The third-order valence-electron chi connectivity index (χ3n) is 2.31. The topological polar surface area (TPSA) is 114 Å². The Bertz CT molecular complexity index is 609. The SMILES string of the molecule is Nc1ccncc1S(=O)(=O)NCCc1ncc[nH]1. The number of nitrogens with one attached hydrogen (secondary N) is 2. The summed E-state index contributed by atoms with van der Waals surface area (Å²) >= 11 is 0. The molecular weight excluding hydrogens is 254 g/mol. The molecule has 4 N–H and O–H groups in total. The van der Waals surface area contributed by atoms with Crippen molar-refractivity contribution in [3.05, 3.63) is 36.7 Å². The van der Waals surface area contributed by atoms with Crippen LogP contribution in [0.25, 0.3) is 0 Å². The molecule has 0 aliphatic carbocycles. The summed E-state index contributed by atoms with van der Waals surface area (Å²) in [4.78, 5) is 10.6. The minimum atomic E-state index is -3.62. The number of imidazole rings is 1. The largest absolute Gasteiger partial charge is 0.398 e. The number of H-pyrrole nitrogens is 1. The van der Waals surface area contributed by atoms with Gasteiger partial charge in [-0.15, -0.1) is 0 Å². The Kier molecular flexibility index (Phi) is 3.58. The van der Waals surface area contributed by atoms with Crippen LogP contribution in [-0.2, 0) is 16.4 Å². The summed E-state index contributed by atoms with van der Waals surface area (Å²) in [7, 11) is -3.62. The predicted octanol–water partition coefficient (Wildman–Crippen LogP) is -0.0921. The number of hydrogen-bond acceptors (Lipinski definition) is 5. The van der Waals surface area contributed by atoms with E-state index in [1.807, 2.05) is 0 Å². The van der Waals surface area contributed by atoms with Crippen molar-refractivity contribution < 1.29 is 8.42 Å². The van der Waals surface area contributed by atoms with E-state index in [2.05, 4.69) is 19.7 Å². The van der Waals surface area contributed by atoms with Crippen molar-refractivity contribution in [2.24, 2.45) is 0 Å². The molecule has 18 heavy (non-hydrogen) atoms. The molecule has 0 radical (unpaired) electrons. The summed E-state index contributed by atoms with van der Waals surface area (Å²) in [6, 6.07) is 1.45. The molecule has 0 amide bonds. The number of sulfonamides is 1. The van der Waals surface area contributed by atoms with Gasteiger partial charge in [0.05, 0.1) is 5.69 Å². The Morgan fingerprint density at radius 2 is 2.22 bits per heavy atom. The normalized spacial score (nSPS) is 11.6. The molecule has 2 aromatic rings. The summed E-state index contributed by atoms with van der Waals surface area (Å²) in [6.45, 7) is 0.240. The average molecular weight is 267 g/mol. The van der Waals surface area contributed by atoms with Crippen LogP contribution in [0, 0.1) is 0 Å². The molecule has 2 rings (SSSR count). The molecule has 0 atom stereocenters. The molecule has 2 heterocycles. The van der Waals surface area contributed by atoms with Crippen molar-refractivity contribution in [1.29, 1.82) is 0 Å². The molecule has 7 nitrogen and oxygen atoms in total. The number of pyridine rings is 1. The van der Waals surface area contributed by atoms with Gasteiger partial charge in [0, 0.05) is 37.8 Å². The number of aromatic amines is 1. The van der Waals surface area contributed by atoms with Gasteiger partial charge in [-0.25, -0.2) is 18.1 Å². The second-order valence-corrected chi connectivity index (χ2v) is 5.33. The second-order valence-electron chi connectivity index (χ2n) is 3.60. The monoisotopic (exact) mass is 267 g/mol. The summed E-state index contributed by atoms with van der Waals surface area (Å²) < 4.78 is 26.3. The van der Waals surface area contributed by atoms with E-state index in [0.717, 1.165) is 5.82 Å². The molecule has 8 heteroatoms. The maximum atomic E-state index is 11.9. The minimum absolute atomic E-state index is 0.00977. The lowest BCUT2D eigenvalue weighted by molar-refractivity contribution is 0.581. The second kappa shape index (κ2) is 5.15. The number of hydrogen-bond donors (Lipinski definition) is 3. The maximum Gasteiger partial charge on any atom is 0.244 e. The van der Waals surface area contributed by atoms with Crippen LogP contribution in [0.2, 0.25) is 0 Å². The first-order valence-electron chi connectivity index (χ1n) is 5.27. The van der Waals surface area contributed by atoms with Crippen LogP contribution in [0.5, 0.6) is 0 Å². The summed E-state index contributed by atoms with van der Waals surface area (Å²) in [5, 5.41) is 0. The van der Waals surface area contributed by atoms with Crippen LogP contribution in [0.1, 0.15) is 5.82 Å². The molecule has 0 spiro atoms. The standard InChI is InChI=1S/C10H13N5O2S/c11-8-1-3-12-7-9(8)18(16,17)15-4-2-10-13-5-6-14-10/h1,3,5-7,15H,2,4H2,(H2,11,12)(H,13,14). The molecule has 0 aliphatic rings. The Balaban J connectivity index is 2.02. The third kappa shape index (κ3) is 2.84. The van der Waals surface area contributed by atoms with Crippen LogP contribution in [0.3, 0.4) is 0 Å². The first-order valence-corrected chi connectivity index (χ1v) is 6.75. The van der Waals surface area contributed by atoms with E-state index >= 15 is 0 Å². The fraction of sp³-hybridized carbons (Fsp3) is 0.200. The predicted molar refractivity (Wildman–Crippen MR) is 66.1 cm³/mol. The molecule has 0 bridgehead atoms. The lowest BCUT2D eigenvalue weighted by Crippen LogP contribution is -2.27. The van der Waals surface area contributed by atoms with Crippen molar-refractivity contribution in [2.45, 2.75) is 11.3 Å². The van der Waals surface area contributed by atoms with Gasteiger partial charge in [-0.3, -0.25) is 4.98 Å². The molecule has 0 aromatic carbocycles. The van der Waals surface area contributed by atoms with Gasteiger partial charge in [0.2, 0.25) is 10.0 Å². The highest BCUT2D eigenvalue weighted by atomic mass is 32.2. The number of anilines is 1. The van der Waals surface area contributed by atoms with Gasteiger partial charge >= 0.3 is 0 Å². The molecule has 0 fully saturated rings. The fourth-order valence-corrected chi connectivity index (χ4v) is 2.54. The van der Waals surface area contributed by atoms with E-state index in [1.165, 1.54) is 18.5 Å². The lowest BCUT2D eigenvalue weighted by atomic mass is 10.4. The van der Waals surface area contributed by atoms with Gasteiger partial charge in [0.15, 0.2) is 0 Å². The van der Waals surface area contributed by atoms with Crippen molar-refractivity contribution >= 4 is 15.7 Å². The number of aromatic nitrogens is 3. The molecule has 0 saturated carbocycles. The highest BCUT2D eigenvalue weighted by molar-refractivity contribution is 7.89. The van der Waals surface area contributed by atoms with E-state index in [1.54, 1.807) is 12.4 Å².